The van der Waals surface area contributed by atoms with Crippen LogP contribution in [0.3, 0.4) is 0 Å². The van der Waals surface area contributed by atoms with E-state index in [-0.39, 0.29) is 11.1 Å². The summed E-state index contributed by atoms with van der Waals surface area (Å²) in [6.45, 7) is 10.7. The van der Waals surface area contributed by atoms with Gasteiger partial charge in [-0.1, -0.05) is 25.3 Å². The molecule has 0 unspecified atom stereocenters. The second kappa shape index (κ2) is 3.83. The van der Waals surface area contributed by atoms with E-state index < -0.39 is 0 Å². The van der Waals surface area contributed by atoms with Gasteiger partial charge in [-0.25, -0.2) is 0 Å². The first-order valence-corrected chi connectivity index (χ1v) is 5.40. The molecule has 0 amide bonds. The highest BCUT2D eigenvalue weighted by molar-refractivity contribution is 5.06. The van der Waals surface area contributed by atoms with Gasteiger partial charge in [0.2, 0.25) is 0 Å². The van der Waals surface area contributed by atoms with Gasteiger partial charge in [-0.3, -0.25) is 0 Å². The second-order valence-electron chi connectivity index (χ2n) is 5.30. The maximum Gasteiger partial charge on any atom is 0.0365 e. The van der Waals surface area contributed by atoms with Crippen molar-refractivity contribution in [3.8, 4) is 0 Å². The van der Waals surface area contributed by atoms with Crippen molar-refractivity contribution < 1.29 is 0 Å². The fourth-order valence-electron chi connectivity index (χ4n) is 2.31. The van der Waals surface area contributed by atoms with Crippen LogP contribution < -0.4 is 5.32 Å². The molecule has 0 aromatic carbocycles. The first kappa shape index (κ1) is 10.8. The molecule has 0 spiro atoms. The van der Waals surface area contributed by atoms with E-state index in [4.69, 9.17) is 0 Å². The van der Waals surface area contributed by atoms with Crippen LogP contribution in [0.1, 0.15) is 52.9 Å². The van der Waals surface area contributed by atoms with Gasteiger partial charge in [0.05, 0.1) is 0 Å². The van der Waals surface area contributed by atoms with Gasteiger partial charge in [-0.15, -0.1) is 6.58 Å². The number of rotatable bonds is 2. The molecule has 13 heavy (non-hydrogen) atoms. The van der Waals surface area contributed by atoms with Crippen LogP contribution >= 0.6 is 0 Å². The summed E-state index contributed by atoms with van der Waals surface area (Å²) >= 11 is 0. The summed E-state index contributed by atoms with van der Waals surface area (Å²) in [6, 6.07) is 0. The predicted octanol–water partition coefficient (Wildman–Crippen LogP) is 3.26. The van der Waals surface area contributed by atoms with Crippen LogP contribution in [-0.2, 0) is 0 Å². The maximum absolute atomic E-state index is 3.98. The Morgan fingerprint density at radius 2 is 1.69 bits per heavy atom. The molecule has 1 heteroatoms. The number of hydrogen-bond donors (Lipinski definition) is 1. The average molecular weight is 181 g/mol. The lowest BCUT2D eigenvalue weighted by Crippen LogP contribution is -2.53. The van der Waals surface area contributed by atoms with Gasteiger partial charge in [0.25, 0.3) is 0 Å². The molecule has 0 atom stereocenters. The fraction of sp³-hybridized carbons (Fsp3) is 0.833. The van der Waals surface area contributed by atoms with E-state index in [1.165, 1.54) is 32.1 Å². The highest BCUT2D eigenvalue weighted by Gasteiger charge is 2.31. The molecule has 1 rings (SSSR count). The lowest BCUT2D eigenvalue weighted by atomic mass is 9.80. The Morgan fingerprint density at radius 3 is 2.08 bits per heavy atom. The van der Waals surface area contributed by atoms with Crippen molar-refractivity contribution in [1.29, 1.82) is 0 Å². The Morgan fingerprint density at radius 1 is 1.15 bits per heavy atom. The van der Waals surface area contributed by atoms with E-state index in [0.717, 1.165) is 0 Å². The minimum atomic E-state index is 0.200. The second-order valence-corrected chi connectivity index (χ2v) is 5.30. The summed E-state index contributed by atoms with van der Waals surface area (Å²) < 4.78 is 0. The third-order valence-electron chi connectivity index (χ3n) is 2.76. The Bertz CT molecular complexity index is 170. The van der Waals surface area contributed by atoms with Gasteiger partial charge >= 0.3 is 0 Å². The Labute approximate surface area is 82.6 Å². The highest BCUT2D eigenvalue weighted by Crippen LogP contribution is 2.30. The predicted molar refractivity (Wildman–Crippen MR) is 58.9 cm³/mol. The smallest absolute Gasteiger partial charge is 0.0365 e. The van der Waals surface area contributed by atoms with E-state index in [0.29, 0.717) is 0 Å². The first-order valence-electron chi connectivity index (χ1n) is 5.40. The zero-order valence-corrected chi connectivity index (χ0v) is 9.32. The summed E-state index contributed by atoms with van der Waals surface area (Å²) in [5.41, 5.74) is 0.419. The molecule has 0 heterocycles. The van der Waals surface area contributed by atoms with Crippen molar-refractivity contribution in [2.45, 2.75) is 64.0 Å². The third-order valence-corrected chi connectivity index (χ3v) is 2.76. The van der Waals surface area contributed by atoms with E-state index in [9.17, 15) is 0 Å². The number of nitrogens with one attached hydrogen (secondary N) is 1. The van der Waals surface area contributed by atoms with Crippen LogP contribution in [0.4, 0.5) is 0 Å². The van der Waals surface area contributed by atoms with Crippen molar-refractivity contribution in [3.63, 3.8) is 0 Å². The largest absolute Gasteiger partial charge is 0.303 e. The van der Waals surface area contributed by atoms with Crippen molar-refractivity contribution in [2.75, 3.05) is 0 Å². The molecule has 1 aliphatic carbocycles. The molecule has 0 aliphatic heterocycles. The van der Waals surface area contributed by atoms with Crippen molar-refractivity contribution in [1.82, 2.24) is 5.32 Å². The molecule has 0 bridgehead atoms. The van der Waals surface area contributed by atoms with Gasteiger partial charge in [-0.2, -0.15) is 0 Å². The van der Waals surface area contributed by atoms with Gasteiger partial charge in [-0.05, 0) is 33.6 Å². The third kappa shape index (κ3) is 3.15. The molecule has 0 saturated heterocycles. The van der Waals surface area contributed by atoms with E-state index in [2.05, 4.69) is 38.7 Å². The molecule has 1 N–H and O–H groups in total. The minimum Gasteiger partial charge on any atom is -0.303 e. The summed E-state index contributed by atoms with van der Waals surface area (Å²) in [6.07, 6.45) is 8.71. The molecular formula is C12H23N. The van der Waals surface area contributed by atoms with Crippen molar-refractivity contribution in [2.24, 2.45) is 0 Å². The van der Waals surface area contributed by atoms with Gasteiger partial charge in [0.1, 0.15) is 0 Å². The van der Waals surface area contributed by atoms with E-state index in [1.54, 1.807) is 0 Å². The van der Waals surface area contributed by atoms with Crippen LogP contribution in [0, 0.1) is 0 Å². The fourth-order valence-corrected chi connectivity index (χ4v) is 2.31. The summed E-state index contributed by atoms with van der Waals surface area (Å²) in [4.78, 5) is 0. The molecule has 0 radical (unpaired) electrons. The quantitative estimate of drug-likeness (QED) is 0.645. The number of hydrogen-bond acceptors (Lipinski definition) is 1. The molecule has 0 aromatic rings. The van der Waals surface area contributed by atoms with E-state index >= 15 is 0 Å². The van der Waals surface area contributed by atoms with Crippen LogP contribution in [0.15, 0.2) is 12.7 Å². The molecular weight excluding hydrogens is 158 g/mol. The molecule has 1 fully saturated rings. The average Bonchev–Trinajstić information content (AvgIpc) is 2.03. The zero-order chi connectivity index (χ0) is 9.95. The monoisotopic (exact) mass is 181 g/mol. The van der Waals surface area contributed by atoms with Crippen LogP contribution in [0.25, 0.3) is 0 Å². The van der Waals surface area contributed by atoms with Gasteiger partial charge in [0.15, 0.2) is 0 Å². The Hall–Kier alpha value is -0.300. The normalized spacial score (nSPS) is 22.7. The topological polar surface area (TPSA) is 12.0 Å². The van der Waals surface area contributed by atoms with Crippen LogP contribution in [0.5, 0.6) is 0 Å². The van der Waals surface area contributed by atoms with Crippen molar-refractivity contribution in [3.05, 3.63) is 12.7 Å². The Kier molecular flexibility index (Phi) is 3.18. The van der Waals surface area contributed by atoms with Crippen molar-refractivity contribution >= 4 is 0 Å². The highest BCUT2D eigenvalue weighted by atomic mass is 15.0. The van der Waals surface area contributed by atoms with Gasteiger partial charge < -0.3 is 5.32 Å². The maximum atomic E-state index is 3.98. The van der Waals surface area contributed by atoms with Gasteiger partial charge in [0, 0.05) is 11.1 Å². The SMILES string of the molecule is C=CC1(NC(C)(C)C)CCCCC1. The lowest BCUT2D eigenvalue weighted by Gasteiger charge is -2.41. The molecule has 0 aromatic heterocycles. The molecule has 1 saturated carbocycles. The lowest BCUT2D eigenvalue weighted by molar-refractivity contribution is 0.228. The summed E-state index contributed by atoms with van der Waals surface area (Å²) in [7, 11) is 0. The molecule has 76 valence electrons. The molecule has 1 nitrogen and oxygen atoms in total. The summed E-state index contributed by atoms with van der Waals surface area (Å²) in [5, 5.41) is 3.70. The molecule has 1 aliphatic rings. The standard InChI is InChI=1S/C12H23N/c1-5-12(13-11(2,3)4)9-7-6-8-10-12/h5,13H,1,6-10H2,2-4H3. The first-order chi connectivity index (χ1) is 5.97. The van der Waals surface area contributed by atoms with E-state index in [1.807, 2.05) is 0 Å². The zero-order valence-electron chi connectivity index (χ0n) is 9.32. The minimum absolute atomic E-state index is 0.200. The Balaban J connectivity index is 2.63. The van der Waals surface area contributed by atoms with Crippen LogP contribution in [0.2, 0.25) is 0 Å². The van der Waals surface area contributed by atoms with Crippen LogP contribution in [-0.4, -0.2) is 11.1 Å². The summed E-state index contributed by atoms with van der Waals surface area (Å²) in [5.74, 6) is 0.